The summed E-state index contributed by atoms with van der Waals surface area (Å²) in [4.78, 5) is 2.62. The highest BCUT2D eigenvalue weighted by Crippen LogP contribution is 2.26. The number of likely N-dealkylation sites (tertiary alicyclic amines) is 1. The van der Waals surface area contributed by atoms with E-state index in [1.165, 1.54) is 48.2 Å². The zero-order valence-electron chi connectivity index (χ0n) is 15.7. The highest BCUT2D eigenvalue weighted by molar-refractivity contribution is 5.64. The first-order valence-corrected chi connectivity index (χ1v) is 9.37. The lowest BCUT2D eigenvalue weighted by Crippen LogP contribution is -2.28. The van der Waals surface area contributed by atoms with Crippen LogP contribution >= 0.6 is 0 Å². The molecule has 0 amide bonds. The Morgan fingerprint density at radius 3 is 2.00 bits per heavy atom. The lowest BCUT2D eigenvalue weighted by Gasteiger charge is -2.20. The van der Waals surface area contributed by atoms with Gasteiger partial charge in [-0.2, -0.15) is 0 Å². The zero-order valence-corrected chi connectivity index (χ0v) is 15.7. The molecule has 1 saturated heterocycles. The Hall–Kier alpha value is -1.60. The van der Waals surface area contributed by atoms with Crippen molar-refractivity contribution >= 4 is 0 Å². The smallest absolute Gasteiger partial charge is 0.00675 e. The molecule has 0 saturated carbocycles. The summed E-state index contributed by atoms with van der Waals surface area (Å²) in [6, 6.07) is 18.9. The molecular formula is C23H31N. The first-order valence-electron chi connectivity index (χ1n) is 9.37. The van der Waals surface area contributed by atoms with E-state index < -0.39 is 0 Å². The zero-order chi connectivity index (χ0) is 17.2. The standard InChI is InChI=1S/C23H31N/c1-18-6-5-16-24(18)17-15-19-7-9-20(10-8-19)21-11-13-22(14-12-21)23(2,3)4/h7-14,18H,5-6,15-17H2,1-4H3/t18-/m1/s1. The van der Waals surface area contributed by atoms with Gasteiger partial charge in [0.15, 0.2) is 0 Å². The van der Waals surface area contributed by atoms with E-state index in [-0.39, 0.29) is 5.41 Å². The highest BCUT2D eigenvalue weighted by atomic mass is 15.2. The molecule has 1 aliphatic heterocycles. The van der Waals surface area contributed by atoms with E-state index in [1.807, 2.05) is 0 Å². The number of hydrogen-bond acceptors (Lipinski definition) is 1. The Kier molecular flexibility index (Phi) is 5.10. The van der Waals surface area contributed by atoms with Gasteiger partial charge in [-0.15, -0.1) is 0 Å². The minimum absolute atomic E-state index is 0.217. The fourth-order valence-electron chi connectivity index (χ4n) is 3.62. The van der Waals surface area contributed by atoms with E-state index in [0.29, 0.717) is 0 Å². The van der Waals surface area contributed by atoms with Crippen LogP contribution in [0.2, 0.25) is 0 Å². The minimum Gasteiger partial charge on any atom is -0.300 e. The molecule has 0 aromatic heterocycles. The average Bonchev–Trinajstić information content (AvgIpc) is 2.98. The van der Waals surface area contributed by atoms with Gasteiger partial charge in [-0.05, 0) is 60.4 Å². The van der Waals surface area contributed by atoms with Crippen molar-refractivity contribution in [2.45, 2.75) is 58.4 Å². The topological polar surface area (TPSA) is 3.24 Å². The third kappa shape index (κ3) is 4.08. The van der Waals surface area contributed by atoms with Gasteiger partial charge in [0, 0.05) is 12.6 Å². The minimum atomic E-state index is 0.217. The molecule has 0 N–H and O–H groups in total. The molecule has 0 spiro atoms. The fraction of sp³-hybridized carbons (Fsp3) is 0.478. The second-order valence-corrected chi connectivity index (χ2v) is 8.30. The normalized spacial score (nSPS) is 18.9. The lowest BCUT2D eigenvalue weighted by atomic mass is 9.86. The van der Waals surface area contributed by atoms with Gasteiger partial charge in [-0.3, -0.25) is 0 Å². The molecule has 1 heteroatoms. The third-order valence-corrected chi connectivity index (χ3v) is 5.42. The largest absolute Gasteiger partial charge is 0.300 e. The molecule has 0 radical (unpaired) electrons. The van der Waals surface area contributed by atoms with E-state index in [4.69, 9.17) is 0 Å². The van der Waals surface area contributed by atoms with Gasteiger partial charge in [0.05, 0.1) is 0 Å². The van der Waals surface area contributed by atoms with Crippen molar-refractivity contribution in [3.63, 3.8) is 0 Å². The van der Waals surface area contributed by atoms with E-state index in [0.717, 1.165) is 12.5 Å². The third-order valence-electron chi connectivity index (χ3n) is 5.42. The predicted octanol–water partition coefficient (Wildman–Crippen LogP) is 5.68. The fourth-order valence-corrected chi connectivity index (χ4v) is 3.62. The second-order valence-electron chi connectivity index (χ2n) is 8.30. The molecule has 1 aliphatic rings. The monoisotopic (exact) mass is 321 g/mol. The van der Waals surface area contributed by atoms with Crippen LogP contribution in [0.3, 0.4) is 0 Å². The van der Waals surface area contributed by atoms with Crippen molar-refractivity contribution in [1.82, 2.24) is 4.90 Å². The van der Waals surface area contributed by atoms with Crippen LogP contribution in [0, 0.1) is 0 Å². The molecular weight excluding hydrogens is 290 g/mol. The van der Waals surface area contributed by atoms with Gasteiger partial charge in [0.2, 0.25) is 0 Å². The molecule has 0 aliphatic carbocycles. The summed E-state index contributed by atoms with van der Waals surface area (Å²) in [6.45, 7) is 11.6. The second kappa shape index (κ2) is 7.11. The number of rotatable bonds is 4. The molecule has 128 valence electrons. The quantitative estimate of drug-likeness (QED) is 0.700. The predicted molar refractivity (Wildman–Crippen MR) is 105 cm³/mol. The summed E-state index contributed by atoms with van der Waals surface area (Å²) < 4.78 is 0. The molecule has 2 aromatic carbocycles. The molecule has 1 nitrogen and oxygen atoms in total. The van der Waals surface area contributed by atoms with Gasteiger partial charge in [0.25, 0.3) is 0 Å². The highest BCUT2D eigenvalue weighted by Gasteiger charge is 2.19. The molecule has 24 heavy (non-hydrogen) atoms. The summed E-state index contributed by atoms with van der Waals surface area (Å²) in [6.07, 6.45) is 3.89. The van der Waals surface area contributed by atoms with Gasteiger partial charge in [-0.1, -0.05) is 69.3 Å². The van der Waals surface area contributed by atoms with Crippen molar-refractivity contribution in [3.8, 4) is 11.1 Å². The van der Waals surface area contributed by atoms with Crippen molar-refractivity contribution < 1.29 is 0 Å². The van der Waals surface area contributed by atoms with Crippen LogP contribution in [0.5, 0.6) is 0 Å². The van der Waals surface area contributed by atoms with Gasteiger partial charge in [0.1, 0.15) is 0 Å². The van der Waals surface area contributed by atoms with Crippen molar-refractivity contribution in [2.75, 3.05) is 13.1 Å². The van der Waals surface area contributed by atoms with Crippen molar-refractivity contribution in [3.05, 3.63) is 59.7 Å². The Bertz CT molecular complexity index is 646. The summed E-state index contributed by atoms with van der Waals surface area (Å²) >= 11 is 0. The van der Waals surface area contributed by atoms with Crippen molar-refractivity contribution in [2.24, 2.45) is 0 Å². The van der Waals surface area contributed by atoms with E-state index in [1.54, 1.807) is 0 Å². The van der Waals surface area contributed by atoms with Crippen LogP contribution in [-0.4, -0.2) is 24.0 Å². The molecule has 0 unspecified atom stereocenters. The Balaban J connectivity index is 1.63. The molecule has 1 atom stereocenters. The first kappa shape index (κ1) is 17.2. The maximum Gasteiger partial charge on any atom is 0.00675 e. The molecule has 1 heterocycles. The number of hydrogen-bond donors (Lipinski definition) is 0. The summed E-state index contributed by atoms with van der Waals surface area (Å²) in [7, 11) is 0. The van der Waals surface area contributed by atoms with Gasteiger partial charge in [-0.25, -0.2) is 0 Å². The average molecular weight is 322 g/mol. The molecule has 1 fully saturated rings. The number of nitrogens with zero attached hydrogens (tertiary/aromatic N) is 1. The molecule has 0 bridgehead atoms. The van der Waals surface area contributed by atoms with E-state index >= 15 is 0 Å². The van der Waals surface area contributed by atoms with E-state index in [2.05, 4.69) is 81.1 Å². The van der Waals surface area contributed by atoms with Crippen LogP contribution in [-0.2, 0) is 11.8 Å². The molecule has 2 aromatic rings. The molecule has 3 rings (SSSR count). The summed E-state index contributed by atoms with van der Waals surface area (Å²) in [5.74, 6) is 0. The Labute approximate surface area is 147 Å². The lowest BCUT2D eigenvalue weighted by molar-refractivity contribution is 0.272. The van der Waals surface area contributed by atoms with Gasteiger partial charge < -0.3 is 4.90 Å². The SMILES string of the molecule is C[C@@H]1CCCN1CCc1ccc(-c2ccc(C(C)(C)C)cc2)cc1. The maximum atomic E-state index is 2.62. The van der Waals surface area contributed by atoms with Crippen LogP contribution in [0.4, 0.5) is 0 Å². The Morgan fingerprint density at radius 2 is 1.50 bits per heavy atom. The van der Waals surface area contributed by atoms with Crippen LogP contribution in [0.25, 0.3) is 11.1 Å². The van der Waals surface area contributed by atoms with Gasteiger partial charge >= 0.3 is 0 Å². The first-order chi connectivity index (χ1) is 11.4. The Morgan fingerprint density at radius 1 is 0.917 bits per heavy atom. The van der Waals surface area contributed by atoms with Crippen molar-refractivity contribution in [1.29, 1.82) is 0 Å². The van der Waals surface area contributed by atoms with Crippen LogP contribution in [0.15, 0.2) is 48.5 Å². The number of benzene rings is 2. The van der Waals surface area contributed by atoms with E-state index in [9.17, 15) is 0 Å². The van der Waals surface area contributed by atoms with Crippen LogP contribution in [0.1, 0.15) is 51.7 Å². The summed E-state index contributed by atoms with van der Waals surface area (Å²) in [5.41, 5.74) is 5.68. The maximum absolute atomic E-state index is 2.62. The van der Waals surface area contributed by atoms with Crippen LogP contribution < -0.4 is 0 Å². The summed E-state index contributed by atoms with van der Waals surface area (Å²) in [5, 5.41) is 0.